The van der Waals surface area contributed by atoms with Gasteiger partial charge in [0.1, 0.15) is 0 Å². The molecule has 3 nitrogen and oxygen atoms in total. The van der Waals surface area contributed by atoms with Crippen molar-refractivity contribution in [1.29, 1.82) is 0 Å². The molecule has 0 spiro atoms. The van der Waals surface area contributed by atoms with Crippen molar-refractivity contribution in [3.8, 4) is 0 Å². The third-order valence-corrected chi connectivity index (χ3v) is 5.44. The van der Waals surface area contributed by atoms with E-state index >= 15 is 0 Å². The Kier molecular flexibility index (Phi) is 6.51. The Hall–Kier alpha value is -0.120. The molecular formula is C18H36N2O. The van der Waals surface area contributed by atoms with Gasteiger partial charge in [-0.15, -0.1) is 0 Å². The van der Waals surface area contributed by atoms with E-state index in [1.54, 1.807) is 0 Å². The van der Waals surface area contributed by atoms with E-state index in [2.05, 4.69) is 31.0 Å². The van der Waals surface area contributed by atoms with Crippen LogP contribution in [0.2, 0.25) is 0 Å². The van der Waals surface area contributed by atoms with Gasteiger partial charge in [0.15, 0.2) is 0 Å². The van der Waals surface area contributed by atoms with Gasteiger partial charge in [-0.05, 0) is 50.0 Å². The fourth-order valence-corrected chi connectivity index (χ4v) is 4.09. The third-order valence-electron chi connectivity index (χ3n) is 5.44. The predicted octanol–water partition coefficient (Wildman–Crippen LogP) is 3.29. The van der Waals surface area contributed by atoms with Crippen LogP contribution in [-0.2, 0) is 4.74 Å². The van der Waals surface area contributed by atoms with Crippen LogP contribution in [-0.4, -0.2) is 50.3 Å². The van der Waals surface area contributed by atoms with Crippen molar-refractivity contribution in [2.75, 3.05) is 33.4 Å². The molecule has 2 aliphatic rings. The average molecular weight is 296 g/mol. The zero-order chi connectivity index (χ0) is 15.3. The van der Waals surface area contributed by atoms with E-state index in [0.29, 0.717) is 11.5 Å². The lowest BCUT2D eigenvalue weighted by molar-refractivity contribution is 0.0651. The summed E-state index contributed by atoms with van der Waals surface area (Å²) in [6, 6.07) is 1.52. The van der Waals surface area contributed by atoms with E-state index in [1.807, 2.05) is 7.11 Å². The standard InChI is InChI=1S/C18H36N2O/c1-5-11-19-17-15(7-6-10-18(17,2)3)14-20(12-13-21-4)16-8-9-16/h15-17,19H,5-14H2,1-4H3. The summed E-state index contributed by atoms with van der Waals surface area (Å²) < 4.78 is 5.31. The number of hydrogen-bond acceptors (Lipinski definition) is 3. The predicted molar refractivity (Wildman–Crippen MR) is 89.7 cm³/mol. The van der Waals surface area contributed by atoms with Crippen LogP contribution < -0.4 is 5.32 Å². The van der Waals surface area contributed by atoms with Crippen molar-refractivity contribution in [3.05, 3.63) is 0 Å². The van der Waals surface area contributed by atoms with Crippen LogP contribution in [0.3, 0.4) is 0 Å². The van der Waals surface area contributed by atoms with Crippen molar-refractivity contribution >= 4 is 0 Å². The molecule has 0 aliphatic heterocycles. The molecule has 21 heavy (non-hydrogen) atoms. The molecule has 0 radical (unpaired) electrons. The topological polar surface area (TPSA) is 24.5 Å². The Labute approximate surface area is 131 Å². The molecule has 2 aliphatic carbocycles. The van der Waals surface area contributed by atoms with E-state index in [1.165, 1.54) is 45.1 Å². The van der Waals surface area contributed by atoms with Gasteiger partial charge in [-0.3, -0.25) is 4.90 Å². The first-order chi connectivity index (χ1) is 10.1. The Morgan fingerprint density at radius 2 is 2.00 bits per heavy atom. The number of hydrogen-bond donors (Lipinski definition) is 1. The number of methoxy groups -OCH3 is 1. The molecular weight excluding hydrogens is 260 g/mol. The molecule has 0 aromatic heterocycles. The molecule has 1 N–H and O–H groups in total. The number of nitrogens with one attached hydrogen (secondary N) is 1. The number of nitrogens with zero attached hydrogens (tertiary/aromatic N) is 1. The maximum Gasteiger partial charge on any atom is 0.0589 e. The van der Waals surface area contributed by atoms with Crippen LogP contribution in [0.4, 0.5) is 0 Å². The van der Waals surface area contributed by atoms with E-state index < -0.39 is 0 Å². The summed E-state index contributed by atoms with van der Waals surface area (Å²) in [7, 11) is 1.82. The highest BCUT2D eigenvalue weighted by Gasteiger charge is 2.40. The van der Waals surface area contributed by atoms with Crippen LogP contribution in [0, 0.1) is 11.3 Å². The summed E-state index contributed by atoms with van der Waals surface area (Å²) in [5.41, 5.74) is 0.439. The smallest absolute Gasteiger partial charge is 0.0589 e. The maximum atomic E-state index is 5.31. The van der Waals surface area contributed by atoms with Crippen molar-refractivity contribution in [2.24, 2.45) is 11.3 Å². The molecule has 3 heteroatoms. The van der Waals surface area contributed by atoms with Crippen molar-refractivity contribution in [1.82, 2.24) is 10.2 Å². The lowest BCUT2D eigenvalue weighted by Crippen LogP contribution is -2.53. The average Bonchev–Trinajstić information content (AvgIpc) is 3.26. The van der Waals surface area contributed by atoms with Gasteiger partial charge >= 0.3 is 0 Å². The molecule has 2 unspecified atom stereocenters. The van der Waals surface area contributed by atoms with E-state index in [9.17, 15) is 0 Å². The summed E-state index contributed by atoms with van der Waals surface area (Å²) in [6.45, 7) is 11.6. The lowest BCUT2D eigenvalue weighted by Gasteiger charge is -2.46. The SMILES string of the molecule is CCCNC1C(CN(CCOC)C2CC2)CCCC1(C)C. The Balaban J connectivity index is 1.96. The highest BCUT2D eigenvalue weighted by Crippen LogP contribution is 2.40. The quantitative estimate of drug-likeness (QED) is 0.706. The maximum absolute atomic E-state index is 5.31. The van der Waals surface area contributed by atoms with Gasteiger partial charge in [0.25, 0.3) is 0 Å². The van der Waals surface area contributed by atoms with Crippen molar-refractivity contribution in [3.63, 3.8) is 0 Å². The van der Waals surface area contributed by atoms with Gasteiger partial charge in [-0.1, -0.05) is 27.2 Å². The molecule has 2 saturated carbocycles. The minimum absolute atomic E-state index is 0.439. The minimum atomic E-state index is 0.439. The molecule has 124 valence electrons. The first-order valence-electron chi connectivity index (χ1n) is 9.05. The van der Waals surface area contributed by atoms with Gasteiger partial charge in [0, 0.05) is 32.3 Å². The molecule has 0 bridgehead atoms. The molecule has 0 saturated heterocycles. The summed E-state index contributed by atoms with van der Waals surface area (Å²) in [6.07, 6.45) is 8.17. The zero-order valence-electron chi connectivity index (χ0n) is 14.7. The van der Waals surface area contributed by atoms with Gasteiger partial charge in [0.2, 0.25) is 0 Å². The van der Waals surface area contributed by atoms with Crippen LogP contribution >= 0.6 is 0 Å². The van der Waals surface area contributed by atoms with Gasteiger partial charge in [0.05, 0.1) is 6.61 Å². The molecule has 2 atom stereocenters. The highest BCUT2D eigenvalue weighted by atomic mass is 16.5. The highest BCUT2D eigenvalue weighted by molar-refractivity contribution is 4.96. The molecule has 0 aromatic rings. The number of rotatable bonds is 9. The second-order valence-corrected chi connectivity index (χ2v) is 7.79. The Bertz CT molecular complexity index is 302. The minimum Gasteiger partial charge on any atom is -0.383 e. The summed E-state index contributed by atoms with van der Waals surface area (Å²) >= 11 is 0. The third kappa shape index (κ3) is 4.94. The zero-order valence-corrected chi connectivity index (χ0v) is 14.7. The summed E-state index contributed by atoms with van der Waals surface area (Å²) in [5.74, 6) is 0.803. The first-order valence-corrected chi connectivity index (χ1v) is 9.05. The second-order valence-electron chi connectivity index (χ2n) is 7.79. The number of ether oxygens (including phenoxy) is 1. The summed E-state index contributed by atoms with van der Waals surface area (Å²) in [4.78, 5) is 2.70. The molecule has 2 rings (SSSR count). The molecule has 2 fully saturated rings. The normalized spacial score (nSPS) is 29.0. The monoisotopic (exact) mass is 296 g/mol. The van der Waals surface area contributed by atoms with E-state index in [0.717, 1.165) is 31.7 Å². The molecule has 0 amide bonds. The van der Waals surface area contributed by atoms with Gasteiger partial charge in [-0.2, -0.15) is 0 Å². The first kappa shape index (κ1) is 17.2. The fraction of sp³-hybridized carbons (Fsp3) is 1.00. The van der Waals surface area contributed by atoms with Crippen molar-refractivity contribution < 1.29 is 4.74 Å². The van der Waals surface area contributed by atoms with Crippen molar-refractivity contribution in [2.45, 2.75) is 71.4 Å². The summed E-state index contributed by atoms with van der Waals surface area (Å²) in [5, 5.41) is 3.87. The molecule has 0 aromatic carbocycles. The fourth-order valence-electron chi connectivity index (χ4n) is 4.09. The Morgan fingerprint density at radius 3 is 2.62 bits per heavy atom. The van der Waals surface area contributed by atoms with E-state index in [-0.39, 0.29) is 0 Å². The van der Waals surface area contributed by atoms with Crippen LogP contribution in [0.1, 0.15) is 59.3 Å². The Morgan fingerprint density at radius 1 is 1.24 bits per heavy atom. The largest absolute Gasteiger partial charge is 0.383 e. The van der Waals surface area contributed by atoms with E-state index in [4.69, 9.17) is 4.74 Å². The van der Waals surface area contributed by atoms with Crippen LogP contribution in [0.15, 0.2) is 0 Å². The van der Waals surface area contributed by atoms with Gasteiger partial charge < -0.3 is 10.1 Å². The van der Waals surface area contributed by atoms with Gasteiger partial charge in [-0.25, -0.2) is 0 Å². The van der Waals surface area contributed by atoms with Crippen LogP contribution in [0.5, 0.6) is 0 Å². The van der Waals surface area contributed by atoms with Crippen LogP contribution in [0.25, 0.3) is 0 Å². The lowest BCUT2D eigenvalue weighted by atomic mass is 9.67. The molecule has 0 heterocycles. The second kappa shape index (κ2) is 7.94.